The van der Waals surface area contributed by atoms with Crippen LogP contribution < -0.4 is 10.3 Å². The van der Waals surface area contributed by atoms with Crippen LogP contribution in [0.25, 0.3) is 22.3 Å². The summed E-state index contributed by atoms with van der Waals surface area (Å²) in [6, 6.07) is 18.2. The van der Waals surface area contributed by atoms with Crippen molar-refractivity contribution in [3.8, 4) is 22.9 Å². The molecule has 0 N–H and O–H groups in total. The van der Waals surface area contributed by atoms with Gasteiger partial charge in [-0.15, -0.1) is 0 Å². The Morgan fingerprint density at radius 2 is 1.84 bits per heavy atom. The smallest absolute Gasteiger partial charge is 0.261 e. The Labute approximate surface area is 188 Å². The molecule has 0 aliphatic carbocycles. The molecule has 5 rings (SSSR count). The summed E-state index contributed by atoms with van der Waals surface area (Å²) in [5.41, 5.74) is 3.00. The van der Waals surface area contributed by atoms with E-state index in [1.54, 1.807) is 58.3 Å². The Kier molecular flexibility index (Phi) is 5.17. The van der Waals surface area contributed by atoms with Gasteiger partial charge in [-0.05, 0) is 48.0 Å². The lowest BCUT2D eigenvalue weighted by molar-refractivity contribution is 0.483. The van der Waals surface area contributed by atoms with Crippen LogP contribution in [0.2, 0.25) is 5.02 Å². The van der Waals surface area contributed by atoms with Gasteiger partial charge < -0.3 is 4.74 Å². The average Bonchev–Trinajstić information content (AvgIpc) is 3.22. The summed E-state index contributed by atoms with van der Waals surface area (Å²) in [6.45, 7) is 0.381. The normalized spacial score (nSPS) is 11.1. The minimum absolute atomic E-state index is 0.147. The Balaban J connectivity index is 1.46. The summed E-state index contributed by atoms with van der Waals surface area (Å²) in [7, 11) is 1.86. The molecular formula is C24H18ClN5O2. The molecule has 0 bridgehead atoms. The molecule has 0 saturated carbocycles. The number of aryl methyl sites for hydroxylation is 1. The van der Waals surface area contributed by atoms with Crippen molar-refractivity contribution in [3.63, 3.8) is 0 Å². The van der Waals surface area contributed by atoms with Crippen LogP contribution in [0.5, 0.6) is 11.5 Å². The quantitative estimate of drug-likeness (QED) is 0.394. The van der Waals surface area contributed by atoms with Gasteiger partial charge in [-0.1, -0.05) is 23.7 Å². The highest BCUT2D eigenvalue weighted by Gasteiger charge is 2.09. The Bertz CT molecular complexity index is 1490. The Hall–Kier alpha value is -3.97. The van der Waals surface area contributed by atoms with E-state index in [4.69, 9.17) is 16.3 Å². The number of rotatable bonds is 5. The number of benzene rings is 2. The van der Waals surface area contributed by atoms with Gasteiger partial charge in [0.1, 0.15) is 11.5 Å². The maximum atomic E-state index is 13.1. The van der Waals surface area contributed by atoms with E-state index in [2.05, 4.69) is 15.1 Å². The second-order valence-electron chi connectivity index (χ2n) is 7.31. The van der Waals surface area contributed by atoms with Crippen LogP contribution in [-0.2, 0) is 13.6 Å². The third-order valence-corrected chi connectivity index (χ3v) is 5.32. The van der Waals surface area contributed by atoms with Crippen molar-refractivity contribution in [1.82, 2.24) is 24.3 Å². The summed E-state index contributed by atoms with van der Waals surface area (Å²) in [5, 5.41) is 5.29. The van der Waals surface area contributed by atoms with Crippen LogP contribution in [0, 0.1) is 0 Å². The zero-order valence-corrected chi connectivity index (χ0v) is 17.9. The third-order valence-electron chi connectivity index (χ3n) is 5.09. The molecule has 0 saturated heterocycles. The average molecular weight is 444 g/mol. The fourth-order valence-corrected chi connectivity index (χ4v) is 3.74. The van der Waals surface area contributed by atoms with Gasteiger partial charge in [0, 0.05) is 30.5 Å². The zero-order chi connectivity index (χ0) is 22.1. The number of fused-ring (bicyclic) bond motifs is 1. The van der Waals surface area contributed by atoms with Gasteiger partial charge >= 0.3 is 0 Å². The van der Waals surface area contributed by atoms with Crippen molar-refractivity contribution in [2.45, 2.75) is 6.54 Å². The van der Waals surface area contributed by atoms with Crippen molar-refractivity contribution >= 4 is 22.5 Å². The number of hydrogen-bond acceptors (Lipinski definition) is 5. The maximum Gasteiger partial charge on any atom is 0.261 e. The van der Waals surface area contributed by atoms with E-state index in [0.717, 1.165) is 17.0 Å². The number of ether oxygens (including phenoxy) is 1. The van der Waals surface area contributed by atoms with Gasteiger partial charge in [0.25, 0.3) is 5.56 Å². The number of hydrogen-bond donors (Lipinski definition) is 0. The monoisotopic (exact) mass is 443 g/mol. The van der Waals surface area contributed by atoms with Crippen LogP contribution >= 0.6 is 11.6 Å². The predicted molar refractivity (Wildman–Crippen MR) is 123 cm³/mol. The minimum Gasteiger partial charge on any atom is -0.457 e. The molecule has 0 atom stereocenters. The Morgan fingerprint density at radius 1 is 0.969 bits per heavy atom. The largest absolute Gasteiger partial charge is 0.457 e. The molecule has 0 aliphatic heterocycles. The van der Waals surface area contributed by atoms with E-state index in [0.29, 0.717) is 34.0 Å². The first-order chi connectivity index (χ1) is 15.6. The summed E-state index contributed by atoms with van der Waals surface area (Å²) in [5.74, 6) is 1.15. The molecule has 0 unspecified atom stereocenters. The zero-order valence-electron chi connectivity index (χ0n) is 17.1. The second kappa shape index (κ2) is 8.28. The van der Waals surface area contributed by atoms with Gasteiger partial charge in [-0.25, -0.2) is 4.98 Å². The van der Waals surface area contributed by atoms with E-state index >= 15 is 0 Å². The van der Waals surface area contributed by atoms with Crippen molar-refractivity contribution in [1.29, 1.82) is 0 Å². The molecule has 0 radical (unpaired) electrons. The molecule has 0 aliphatic rings. The molecule has 158 valence electrons. The van der Waals surface area contributed by atoms with Crippen LogP contribution in [0.3, 0.4) is 0 Å². The first kappa shape index (κ1) is 20.0. The molecule has 32 heavy (non-hydrogen) atoms. The van der Waals surface area contributed by atoms with Crippen molar-refractivity contribution < 1.29 is 4.74 Å². The summed E-state index contributed by atoms with van der Waals surface area (Å²) >= 11 is 6.07. The standard InChI is InChI=1S/C24H18ClN5O2/c1-29-23(8-10-28-29)22-13-19(7-9-26-22)32-18-5-6-21-20(12-18)24(31)30(15-27-21)14-16-3-2-4-17(25)11-16/h2-13,15H,14H2,1H3. The highest BCUT2D eigenvalue weighted by molar-refractivity contribution is 6.30. The van der Waals surface area contributed by atoms with Crippen LogP contribution in [0.15, 0.2) is 84.2 Å². The summed E-state index contributed by atoms with van der Waals surface area (Å²) in [6.07, 6.45) is 4.95. The highest BCUT2D eigenvalue weighted by Crippen LogP contribution is 2.26. The number of halogens is 1. The third kappa shape index (κ3) is 3.98. The molecule has 3 aromatic heterocycles. The van der Waals surface area contributed by atoms with E-state index in [-0.39, 0.29) is 5.56 Å². The number of aromatic nitrogens is 5. The molecule has 8 heteroatoms. The van der Waals surface area contributed by atoms with Gasteiger partial charge in [-0.2, -0.15) is 5.10 Å². The fourth-order valence-electron chi connectivity index (χ4n) is 3.52. The molecule has 3 heterocycles. The van der Waals surface area contributed by atoms with Gasteiger partial charge in [0.15, 0.2) is 0 Å². The van der Waals surface area contributed by atoms with Crippen molar-refractivity contribution in [3.05, 3.63) is 100 Å². The van der Waals surface area contributed by atoms with Crippen LogP contribution in [0.4, 0.5) is 0 Å². The van der Waals surface area contributed by atoms with Crippen molar-refractivity contribution in [2.75, 3.05) is 0 Å². The lowest BCUT2D eigenvalue weighted by atomic mass is 10.2. The molecule has 0 fully saturated rings. The topological polar surface area (TPSA) is 74.8 Å². The summed E-state index contributed by atoms with van der Waals surface area (Å²) < 4.78 is 9.34. The molecule has 0 amide bonds. The number of nitrogens with zero attached hydrogens (tertiary/aromatic N) is 5. The molecule has 2 aromatic carbocycles. The highest BCUT2D eigenvalue weighted by atomic mass is 35.5. The first-order valence-electron chi connectivity index (χ1n) is 9.93. The number of pyridine rings is 1. The second-order valence-corrected chi connectivity index (χ2v) is 7.74. The van der Waals surface area contributed by atoms with Crippen LogP contribution in [-0.4, -0.2) is 24.3 Å². The SMILES string of the molecule is Cn1nccc1-c1cc(Oc2ccc3ncn(Cc4cccc(Cl)c4)c(=O)c3c2)ccn1. The minimum atomic E-state index is -0.147. The van der Waals surface area contributed by atoms with E-state index < -0.39 is 0 Å². The molecule has 7 nitrogen and oxygen atoms in total. The van der Waals surface area contributed by atoms with Gasteiger partial charge in [-0.3, -0.25) is 19.0 Å². The van der Waals surface area contributed by atoms with Crippen molar-refractivity contribution in [2.24, 2.45) is 7.05 Å². The molecule has 0 spiro atoms. The van der Waals surface area contributed by atoms with E-state index in [1.165, 1.54) is 0 Å². The van der Waals surface area contributed by atoms with Gasteiger partial charge in [0.2, 0.25) is 0 Å². The lowest BCUT2D eigenvalue weighted by Gasteiger charge is -2.10. The lowest BCUT2D eigenvalue weighted by Crippen LogP contribution is -2.21. The molecular weight excluding hydrogens is 426 g/mol. The maximum absolute atomic E-state index is 13.1. The van der Waals surface area contributed by atoms with E-state index in [9.17, 15) is 4.79 Å². The fraction of sp³-hybridized carbons (Fsp3) is 0.0833. The molecule has 5 aromatic rings. The Morgan fingerprint density at radius 3 is 2.66 bits per heavy atom. The van der Waals surface area contributed by atoms with Crippen LogP contribution in [0.1, 0.15) is 5.56 Å². The van der Waals surface area contributed by atoms with E-state index in [1.807, 2.05) is 37.4 Å². The first-order valence-corrected chi connectivity index (χ1v) is 10.3. The predicted octanol–water partition coefficient (Wildman–Crippen LogP) is 4.69. The summed E-state index contributed by atoms with van der Waals surface area (Å²) in [4.78, 5) is 21.9. The van der Waals surface area contributed by atoms with Gasteiger partial charge in [0.05, 0.1) is 35.2 Å².